The van der Waals surface area contributed by atoms with E-state index in [1.807, 2.05) is 32.0 Å². The van der Waals surface area contributed by atoms with Crippen LogP contribution in [0.1, 0.15) is 74.1 Å². The fraction of sp³-hybridized carbons (Fsp3) is 0.481. The zero-order chi connectivity index (χ0) is 25.4. The van der Waals surface area contributed by atoms with Crippen LogP contribution >= 0.6 is 11.3 Å². The normalized spacial score (nSPS) is 11.4. The van der Waals surface area contributed by atoms with E-state index >= 15 is 0 Å². The third-order valence-corrected chi connectivity index (χ3v) is 7.00. The topological polar surface area (TPSA) is 91.1 Å². The maximum absolute atomic E-state index is 12.9. The minimum absolute atomic E-state index is 0.0621. The first-order valence-electron chi connectivity index (χ1n) is 12.5. The Morgan fingerprint density at radius 1 is 1.23 bits per heavy atom. The largest absolute Gasteiger partial charge is 0.343 e. The predicted molar refractivity (Wildman–Crippen MR) is 144 cm³/mol. The highest BCUT2D eigenvalue weighted by atomic mass is 32.1. The van der Waals surface area contributed by atoms with Gasteiger partial charge in [-0.15, -0.1) is 11.3 Å². The zero-order valence-electron chi connectivity index (χ0n) is 21.2. The van der Waals surface area contributed by atoms with Gasteiger partial charge >= 0.3 is 0 Å². The molecule has 8 heteroatoms. The summed E-state index contributed by atoms with van der Waals surface area (Å²) in [4.78, 5) is 33.5. The maximum Gasteiger partial charge on any atom is 0.251 e. The molecule has 2 aromatic heterocycles. The molecule has 1 aromatic carbocycles. The van der Waals surface area contributed by atoms with Gasteiger partial charge in [0.05, 0.1) is 17.6 Å². The minimum atomic E-state index is -0.284. The molecule has 0 aliphatic rings. The second-order valence-corrected chi connectivity index (χ2v) is 10.3. The Labute approximate surface area is 212 Å². The van der Waals surface area contributed by atoms with Gasteiger partial charge in [0.2, 0.25) is 5.91 Å². The van der Waals surface area contributed by atoms with Crippen LogP contribution in [0.2, 0.25) is 0 Å². The number of benzene rings is 1. The van der Waals surface area contributed by atoms with Gasteiger partial charge in [-0.05, 0) is 61.0 Å². The standard InChI is InChI=1S/C27H37N5O2S/c1-5-21(6-2)32-24-11-10-20(15-23(24)30-25(32)16-22-9-7-14-35-22)27(34)29-17-26(33)31(13-8-12-28)18-19(3)4/h7,9-12,14-15,19,21,28H,5-6,8,13,16-18H2,1-4H3,(H,29,34). The molecule has 0 aliphatic carbocycles. The molecule has 7 nitrogen and oxygen atoms in total. The average molecular weight is 496 g/mol. The number of nitrogens with zero attached hydrogens (tertiary/aromatic N) is 3. The molecule has 0 radical (unpaired) electrons. The second-order valence-electron chi connectivity index (χ2n) is 9.24. The van der Waals surface area contributed by atoms with Crippen molar-refractivity contribution in [2.24, 2.45) is 5.92 Å². The molecule has 188 valence electrons. The van der Waals surface area contributed by atoms with Crippen molar-refractivity contribution in [2.75, 3.05) is 19.6 Å². The molecule has 2 N–H and O–H groups in total. The van der Waals surface area contributed by atoms with E-state index in [4.69, 9.17) is 10.4 Å². The Balaban J connectivity index is 1.79. The number of aromatic nitrogens is 2. The molecule has 0 fully saturated rings. The highest BCUT2D eigenvalue weighted by Gasteiger charge is 2.20. The van der Waals surface area contributed by atoms with Crippen molar-refractivity contribution in [3.05, 3.63) is 52.0 Å². The lowest BCUT2D eigenvalue weighted by Crippen LogP contribution is -2.42. The van der Waals surface area contributed by atoms with Crippen LogP contribution in [0.5, 0.6) is 0 Å². The van der Waals surface area contributed by atoms with E-state index < -0.39 is 0 Å². The van der Waals surface area contributed by atoms with E-state index in [0.717, 1.165) is 36.1 Å². The number of hydrogen-bond acceptors (Lipinski definition) is 5. The average Bonchev–Trinajstić information content (AvgIpc) is 3.48. The number of rotatable bonds is 13. The molecule has 3 rings (SSSR count). The molecule has 0 aliphatic heterocycles. The van der Waals surface area contributed by atoms with Crippen LogP contribution in [0.25, 0.3) is 11.0 Å². The number of imidazole rings is 1. The third-order valence-electron chi connectivity index (χ3n) is 6.13. The number of fused-ring (bicyclic) bond motifs is 1. The molecular weight excluding hydrogens is 458 g/mol. The van der Waals surface area contributed by atoms with Crippen LogP contribution in [-0.4, -0.2) is 52.1 Å². The van der Waals surface area contributed by atoms with Gasteiger partial charge < -0.3 is 20.2 Å². The maximum atomic E-state index is 12.9. The van der Waals surface area contributed by atoms with Gasteiger partial charge in [0.1, 0.15) is 5.82 Å². The number of thiophene rings is 1. The van der Waals surface area contributed by atoms with Crippen molar-refractivity contribution < 1.29 is 9.59 Å². The number of amides is 2. The number of carbonyl (C=O) groups excluding carboxylic acids is 2. The molecule has 0 bridgehead atoms. The van der Waals surface area contributed by atoms with Gasteiger partial charge in [-0.3, -0.25) is 9.59 Å². The molecule has 0 saturated heterocycles. The molecule has 0 saturated carbocycles. The third kappa shape index (κ3) is 6.78. The van der Waals surface area contributed by atoms with Crippen molar-refractivity contribution in [2.45, 2.75) is 59.4 Å². The number of nitrogens with one attached hydrogen (secondary N) is 2. The highest BCUT2D eigenvalue weighted by molar-refractivity contribution is 7.09. The lowest BCUT2D eigenvalue weighted by molar-refractivity contribution is -0.130. The van der Waals surface area contributed by atoms with Crippen LogP contribution in [0, 0.1) is 11.3 Å². The summed E-state index contributed by atoms with van der Waals surface area (Å²) in [5, 5.41) is 12.1. The number of hydrogen-bond donors (Lipinski definition) is 2. The van der Waals surface area contributed by atoms with E-state index in [0.29, 0.717) is 37.0 Å². The van der Waals surface area contributed by atoms with E-state index in [-0.39, 0.29) is 18.4 Å². The Hall–Kier alpha value is -3.00. The fourth-order valence-electron chi connectivity index (χ4n) is 4.39. The SMILES string of the molecule is CCC(CC)n1c(Cc2cccs2)nc2cc(C(=O)NCC(=O)N(CCC=N)CC(C)C)ccc21. The Morgan fingerprint density at radius 2 is 2.00 bits per heavy atom. The Morgan fingerprint density at radius 3 is 2.63 bits per heavy atom. The molecule has 2 heterocycles. The zero-order valence-corrected chi connectivity index (χ0v) is 22.0. The monoisotopic (exact) mass is 495 g/mol. The quantitative estimate of drug-likeness (QED) is 0.315. The molecule has 3 aromatic rings. The lowest BCUT2D eigenvalue weighted by atomic mass is 10.1. The van der Waals surface area contributed by atoms with Crippen molar-refractivity contribution in [3.63, 3.8) is 0 Å². The van der Waals surface area contributed by atoms with Gasteiger partial charge in [0.15, 0.2) is 0 Å². The van der Waals surface area contributed by atoms with Gasteiger partial charge in [0, 0.05) is 36.0 Å². The fourth-order valence-corrected chi connectivity index (χ4v) is 5.10. The smallest absolute Gasteiger partial charge is 0.251 e. The molecule has 0 unspecified atom stereocenters. The number of carbonyl (C=O) groups is 2. The summed E-state index contributed by atoms with van der Waals surface area (Å²) in [6.07, 6.45) is 4.60. The van der Waals surface area contributed by atoms with Crippen LogP contribution in [0.4, 0.5) is 0 Å². The van der Waals surface area contributed by atoms with Crippen molar-refractivity contribution in [3.8, 4) is 0 Å². The van der Waals surface area contributed by atoms with Gasteiger partial charge in [0.25, 0.3) is 5.91 Å². The van der Waals surface area contributed by atoms with E-state index in [9.17, 15) is 9.59 Å². The van der Waals surface area contributed by atoms with Crippen molar-refractivity contribution in [1.82, 2.24) is 19.8 Å². The van der Waals surface area contributed by atoms with Crippen LogP contribution in [0.3, 0.4) is 0 Å². The van der Waals surface area contributed by atoms with E-state index in [2.05, 4.69) is 41.2 Å². The lowest BCUT2D eigenvalue weighted by Gasteiger charge is -2.24. The van der Waals surface area contributed by atoms with E-state index in [1.165, 1.54) is 11.1 Å². The minimum Gasteiger partial charge on any atom is -0.343 e. The van der Waals surface area contributed by atoms with Gasteiger partial charge in [-0.25, -0.2) is 4.98 Å². The molecule has 35 heavy (non-hydrogen) atoms. The Bertz CT molecular complexity index is 1130. The summed E-state index contributed by atoms with van der Waals surface area (Å²) in [5.41, 5.74) is 2.33. The van der Waals surface area contributed by atoms with Crippen LogP contribution in [0.15, 0.2) is 35.7 Å². The molecular formula is C27H37N5O2S. The first-order valence-corrected chi connectivity index (χ1v) is 13.3. The predicted octanol–water partition coefficient (Wildman–Crippen LogP) is 5.30. The van der Waals surface area contributed by atoms with Crippen LogP contribution in [-0.2, 0) is 11.2 Å². The first-order chi connectivity index (χ1) is 16.9. The van der Waals surface area contributed by atoms with Crippen molar-refractivity contribution >= 4 is 40.4 Å². The Kier molecular flexibility index (Phi) is 9.60. The summed E-state index contributed by atoms with van der Waals surface area (Å²) in [6.45, 7) is 9.51. The van der Waals surface area contributed by atoms with Gasteiger partial charge in [-0.2, -0.15) is 0 Å². The van der Waals surface area contributed by atoms with E-state index in [1.54, 1.807) is 16.2 Å². The summed E-state index contributed by atoms with van der Waals surface area (Å²) in [6, 6.07) is 10.2. The summed E-state index contributed by atoms with van der Waals surface area (Å²) >= 11 is 1.73. The highest BCUT2D eigenvalue weighted by Crippen LogP contribution is 2.28. The first kappa shape index (κ1) is 26.6. The van der Waals surface area contributed by atoms with Crippen LogP contribution < -0.4 is 5.32 Å². The molecule has 0 spiro atoms. The molecule has 0 atom stereocenters. The summed E-state index contributed by atoms with van der Waals surface area (Å²) < 4.78 is 2.33. The molecule has 2 amide bonds. The van der Waals surface area contributed by atoms with Crippen molar-refractivity contribution in [1.29, 1.82) is 5.41 Å². The summed E-state index contributed by atoms with van der Waals surface area (Å²) in [7, 11) is 0. The summed E-state index contributed by atoms with van der Waals surface area (Å²) in [5.74, 6) is 0.913. The van der Waals surface area contributed by atoms with Gasteiger partial charge in [-0.1, -0.05) is 33.8 Å². The second kappa shape index (κ2) is 12.6.